The van der Waals surface area contributed by atoms with E-state index in [0.717, 1.165) is 30.8 Å². The molecule has 0 aliphatic heterocycles. The van der Waals surface area contributed by atoms with Crippen LogP contribution in [0.3, 0.4) is 0 Å². The van der Waals surface area contributed by atoms with Crippen LogP contribution in [0.1, 0.15) is 24.6 Å². The Hall–Kier alpha value is -1.75. The molecule has 0 saturated heterocycles. The SMILES string of the molecule is CCCNCc1ccn(Cc2cc(F)ccc2F)n1. The number of nitrogens with one attached hydrogen (secondary N) is 1. The van der Waals surface area contributed by atoms with Gasteiger partial charge < -0.3 is 5.32 Å². The Kier molecular flexibility index (Phi) is 4.63. The maximum Gasteiger partial charge on any atom is 0.128 e. The highest BCUT2D eigenvalue weighted by Gasteiger charge is 2.06. The zero-order chi connectivity index (χ0) is 13.7. The predicted molar refractivity (Wildman–Crippen MR) is 69.7 cm³/mol. The van der Waals surface area contributed by atoms with Crippen molar-refractivity contribution in [2.24, 2.45) is 0 Å². The topological polar surface area (TPSA) is 29.9 Å². The minimum Gasteiger partial charge on any atom is -0.311 e. The lowest BCUT2D eigenvalue weighted by Gasteiger charge is -2.04. The van der Waals surface area contributed by atoms with Gasteiger partial charge in [-0.05, 0) is 37.2 Å². The molecule has 0 fully saturated rings. The average Bonchev–Trinajstić information content (AvgIpc) is 2.82. The van der Waals surface area contributed by atoms with Gasteiger partial charge in [-0.15, -0.1) is 0 Å². The number of hydrogen-bond acceptors (Lipinski definition) is 2. The maximum atomic E-state index is 13.5. The number of halogens is 2. The molecule has 5 heteroatoms. The first-order valence-electron chi connectivity index (χ1n) is 6.36. The minimum atomic E-state index is -0.437. The second-order valence-corrected chi connectivity index (χ2v) is 4.42. The van der Waals surface area contributed by atoms with E-state index in [0.29, 0.717) is 12.1 Å². The third-order valence-corrected chi connectivity index (χ3v) is 2.77. The lowest BCUT2D eigenvalue weighted by Crippen LogP contribution is -2.14. The Morgan fingerprint density at radius 1 is 1.26 bits per heavy atom. The summed E-state index contributed by atoms with van der Waals surface area (Å²) in [7, 11) is 0. The third kappa shape index (κ3) is 3.86. The molecule has 0 unspecified atom stereocenters. The summed E-state index contributed by atoms with van der Waals surface area (Å²) in [5.41, 5.74) is 1.20. The van der Waals surface area contributed by atoms with E-state index < -0.39 is 11.6 Å². The van der Waals surface area contributed by atoms with E-state index in [-0.39, 0.29) is 6.54 Å². The van der Waals surface area contributed by atoms with E-state index in [1.807, 2.05) is 6.07 Å². The second kappa shape index (κ2) is 6.43. The van der Waals surface area contributed by atoms with Gasteiger partial charge in [0.1, 0.15) is 11.6 Å². The molecule has 1 aromatic heterocycles. The molecule has 0 aliphatic rings. The van der Waals surface area contributed by atoms with Gasteiger partial charge in [0, 0.05) is 18.3 Å². The largest absolute Gasteiger partial charge is 0.311 e. The Morgan fingerprint density at radius 3 is 2.89 bits per heavy atom. The van der Waals surface area contributed by atoms with Gasteiger partial charge in [0.05, 0.1) is 12.2 Å². The van der Waals surface area contributed by atoms with E-state index in [1.54, 1.807) is 10.9 Å². The fourth-order valence-electron chi connectivity index (χ4n) is 1.82. The molecule has 1 heterocycles. The van der Waals surface area contributed by atoms with E-state index in [9.17, 15) is 8.78 Å². The Morgan fingerprint density at radius 2 is 2.11 bits per heavy atom. The molecule has 2 aromatic rings. The monoisotopic (exact) mass is 265 g/mol. The molecular formula is C14H17F2N3. The number of hydrogen-bond donors (Lipinski definition) is 1. The quantitative estimate of drug-likeness (QED) is 0.814. The summed E-state index contributed by atoms with van der Waals surface area (Å²) in [6.07, 6.45) is 2.84. The Balaban J connectivity index is 2.01. The van der Waals surface area contributed by atoms with E-state index in [1.165, 1.54) is 6.07 Å². The third-order valence-electron chi connectivity index (χ3n) is 2.77. The maximum absolute atomic E-state index is 13.5. The summed E-state index contributed by atoms with van der Waals surface area (Å²) < 4.78 is 28.2. The first kappa shape index (κ1) is 13.7. The van der Waals surface area contributed by atoms with Crippen molar-refractivity contribution in [2.75, 3.05) is 6.54 Å². The van der Waals surface area contributed by atoms with Gasteiger partial charge >= 0.3 is 0 Å². The van der Waals surface area contributed by atoms with Crippen LogP contribution in [0, 0.1) is 11.6 Å². The molecule has 0 atom stereocenters. The first-order valence-corrected chi connectivity index (χ1v) is 6.36. The minimum absolute atomic E-state index is 0.234. The summed E-state index contributed by atoms with van der Waals surface area (Å²) in [5.74, 6) is -0.851. The van der Waals surface area contributed by atoms with E-state index in [2.05, 4.69) is 17.3 Å². The number of nitrogens with zero attached hydrogens (tertiary/aromatic N) is 2. The molecule has 0 aliphatic carbocycles. The molecule has 0 saturated carbocycles. The number of rotatable bonds is 6. The van der Waals surface area contributed by atoms with Crippen LogP contribution in [-0.2, 0) is 13.1 Å². The highest BCUT2D eigenvalue weighted by atomic mass is 19.1. The molecule has 3 nitrogen and oxygen atoms in total. The van der Waals surface area contributed by atoms with Crippen LogP contribution in [-0.4, -0.2) is 16.3 Å². The van der Waals surface area contributed by atoms with Crippen molar-refractivity contribution in [3.8, 4) is 0 Å². The summed E-state index contributed by atoms with van der Waals surface area (Å²) in [5, 5.41) is 7.55. The van der Waals surface area contributed by atoms with Gasteiger partial charge in [0.2, 0.25) is 0 Å². The van der Waals surface area contributed by atoms with Crippen molar-refractivity contribution in [1.82, 2.24) is 15.1 Å². The smallest absolute Gasteiger partial charge is 0.128 e. The zero-order valence-electron chi connectivity index (χ0n) is 10.9. The molecule has 2 rings (SSSR count). The van der Waals surface area contributed by atoms with Crippen LogP contribution in [0.25, 0.3) is 0 Å². The second-order valence-electron chi connectivity index (χ2n) is 4.42. The summed E-state index contributed by atoms with van der Waals surface area (Å²) in [6, 6.07) is 5.33. The van der Waals surface area contributed by atoms with Crippen LogP contribution < -0.4 is 5.32 Å². The number of aromatic nitrogens is 2. The molecule has 19 heavy (non-hydrogen) atoms. The van der Waals surface area contributed by atoms with E-state index >= 15 is 0 Å². The summed E-state index contributed by atoms with van der Waals surface area (Å²) >= 11 is 0. The molecule has 0 bridgehead atoms. The van der Waals surface area contributed by atoms with E-state index in [4.69, 9.17) is 0 Å². The lowest BCUT2D eigenvalue weighted by molar-refractivity contribution is 0.562. The van der Waals surface area contributed by atoms with Gasteiger partial charge in [-0.1, -0.05) is 6.92 Å². The predicted octanol–water partition coefficient (Wildman–Crippen LogP) is 2.71. The van der Waals surface area contributed by atoms with Crippen molar-refractivity contribution in [3.05, 3.63) is 53.4 Å². The molecule has 0 spiro atoms. The van der Waals surface area contributed by atoms with Crippen molar-refractivity contribution < 1.29 is 8.78 Å². The van der Waals surface area contributed by atoms with Gasteiger partial charge in [-0.2, -0.15) is 5.10 Å². The highest BCUT2D eigenvalue weighted by molar-refractivity contribution is 5.19. The van der Waals surface area contributed by atoms with Crippen LogP contribution >= 0.6 is 0 Å². The van der Waals surface area contributed by atoms with Crippen molar-refractivity contribution >= 4 is 0 Å². The van der Waals surface area contributed by atoms with Gasteiger partial charge in [0.25, 0.3) is 0 Å². The molecule has 0 amide bonds. The van der Waals surface area contributed by atoms with Gasteiger partial charge in [-0.3, -0.25) is 4.68 Å². The number of benzene rings is 1. The van der Waals surface area contributed by atoms with Gasteiger partial charge in [-0.25, -0.2) is 8.78 Å². The fraction of sp³-hybridized carbons (Fsp3) is 0.357. The normalized spacial score (nSPS) is 10.9. The van der Waals surface area contributed by atoms with Crippen molar-refractivity contribution in [2.45, 2.75) is 26.4 Å². The lowest BCUT2D eigenvalue weighted by atomic mass is 10.2. The Labute approximate surface area is 111 Å². The molecule has 1 aromatic carbocycles. The average molecular weight is 265 g/mol. The molecule has 102 valence electrons. The first-order chi connectivity index (χ1) is 9.19. The van der Waals surface area contributed by atoms with Crippen molar-refractivity contribution in [3.63, 3.8) is 0 Å². The summed E-state index contributed by atoms with van der Waals surface area (Å²) in [6.45, 7) is 3.95. The zero-order valence-corrected chi connectivity index (χ0v) is 10.9. The van der Waals surface area contributed by atoms with Crippen LogP contribution in [0.2, 0.25) is 0 Å². The molecular weight excluding hydrogens is 248 g/mol. The molecule has 1 N–H and O–H groups in total. The Bertz CT molecular complexity index is 537. The molecule has 0 radical (unpaired) electrons. The van der Waals surface area contributed by atoms with Crippen LogP contribution in [0.15, 0.2) is 30.5 Å². The van der Waals surface area contributed by atoms with Gasteiger partial charge in [0.15, 0.2) is 0 Å². The summed E-state index contributed by atoms with van der Waals surface area (Å²) in [4.78, 5) is 0. The standard InChI is InChI=1S/C14H17F2N3/c1-2-6-17-9-13-5-7-19(18-13)10-11-8-12(15)3-4-14(11)16/h3-5,7-8,17H,2,6,9-10H2,1H3. The highest BCUT2D eigenvalue weighted by Crippen LogP contribution is 2.11. The van der Waals surface area contributed by atoms with Crippen molar-refractivity contribution in [1.29, 1.82) is 0 Å². The van der Waals surface area contributed by atoms with Crippen LogP contribution in [0.4, 0.5) is 8.78 Å². The fourth-order valence-corrected chi connectivity index (χ4v) is 1.82. The van der Waals surface area contributed by atoms with Crippen LogP contribution in [0.5, 0.6) is 0 Å².